The van der Waals surface area contributed by atoms with Gasteiger partial charge in [0.2, 0.25) is 0 Å². The van der Waals surface area contributed by atoms with Gasteiger partial charge in [0, 0.05) is 25.4 Å². The van der Waals surface area contributed by atoms with Crippen molar-refractivity contribution in [2.75, 3.05) is 13.1 Å². The first-order chi connectivity index (χ1) is 12.5. The zero-order valence-electron chi connectivity index (χ0n) is 14.7. The van der Waals surface area contributed by atoms with Crippen LogP contribution in [0.25, 0.3) is 0 Å². The van der Waals surface area contributed by atoms with Gasteiger partial charge in [0.1, 0.15) is 5.78 Å². The molecule has 1 aliphatic rings. The van der Waals surface area contributed by atoms with E-state index < -0.39 is 17.5 Å². The summed E-state index contributed by atoms with van der Waals surface area (Å²) >= 11 is 0. The van der Waals surface area contributed by atoms with Gasteiger partial charge in [0.05, 0.1) is 5.56 Å². The average molecular weight is 357 g/mol. The van der Waals surface area contributed by atoms with Crippen LogP contribution in [0.2, 0.25) is 0 Å². The summed E-state index contributed by atoms with van der Waals surface area (Å²) in [5.41, 5.74) is 0.825. The Bertz CT molecular complexity index is 820. The van der Waals surface area contributed by atoms with Crippen LogP contribution in [0, 0.1) is 24.5 Å². The van der Waals surface area contributed by atoms with E-state index in [4.69, 9.17) is 0 Å². The predicted molar refractivity (Wildman–Crippen MR) is 94.9 cm³/mol. The summed E-state index contributed by atoms with van der Waals surface area (Å²) in [7, 11) is 0. The molecule has 2 aromatic rings. The summed E-state index contributed by atoms with van der Waals surface area (Å²) in [5, 5.41) is 0. The Hall–Kier alpha value is -2.56. The maximum atomic E-state index is 14.1. The lowest BCUT2D eigenvalue weighted by Crippen LogP contribution is -2.43. The third-order valence-corrected chi connectivity index (χ3v) is 4.89. The molecule has 0 aromatic heterocycles. The van der Waals surface area contributed by atoms with E-state index in [2.05, 4.69) is 0 Å². The Morgan fingerprint density at radius 3 is 2.54 bits per heavy atom. The number of benzene rings is 2. The van der Waals surface area contributed by atoms with Crippen LogP contribution in [0.3, 0.4) is 0 Å². The lowest BCUT2D eigenvalue weighted by Gasteiger charge is -2.32. The van der Waals surface area contributed by atoms with Crippen molar-refractivity contribution in [3.63, 3.8) is 0 Å². The number of carbonyl (C=O) groups is 2. The number of Topliss-reactive ketones (excluding diaryl/α,β-unsaturated/α-hetero) is 1. The minimum absolute atomic E-state index is 0.0734. The van der Waals surface area contributed by atoms with Crippen LogP contribution in [0.5, 0.6) is 0 Å². The van der Waals surface area contributed by atoms with E-state index in [0.29, 0.717) is 25.8 Å². The topological polar surface area (TPSA) is 37.4 Å². The first kappa shape index (κ1) is 18.2. The second-order valence-corrected chi connectivity index (χ2v) is 6.78. The highest BCUT2D eigenvalue weighted by molar-refractivity contribution is 5.95. The molecule has 0 aliphatic carbocycles. The zero-order valence-corrected chi connectivity index (χ0v) is 14.7. The van der Waals surface area contributed by atoms with Gasteiger partial charge >= 0.3 is 0 Å². The molecule has 1 atom stereocenters. The first-order valence-electron chi connectivity index (χ1n) is 8.78. The largest absolute Gasteiger partial charge is 0.338 e. The molecule has 0 N–H and O–H groups in total. The van der Waals surface area contributed by atoms with Crippen molar-refractivity contribution in [1.29, 1.82) is 0 Å². The number of piperidine rings is 1. The number of likely N-dealkylation sites (tertiary alicyclic amines) is 1. The Labute approximate surface area is 151 Å². The molecule has 0 radical (unpaired) electrons. The normalized spacial score (nSPS) is 17.2. The maximum absolute atomic E-state index is 14.1. The van der Waals surface area contributed by atoms with Crippen molar-refractivity contribution in [2.24, 2.45) is 5.92 Å². The monoisotopic (exact) mass is 357 g/mol. The van der Waals surface area contributed by atoms with Crippen LogP contribution in [0.4, 0.5) is 8.78 Å². The molecule has 1 heterocycles. The summed E-state index contributed by atoms with van der Waals surface area (Å²) in [4.78, 5) is 26.6. The fourth-order valence-corrected chi connectivity index (χ4v) is 3.35. The van der Waals surface area contributed by atoms with Crippen molar-refractivity contribution in [3.8, 4) is 0 Å². The fourth-order valence-electron chi connectivity index (χ4n) is 3.35. The third kappa shape index (κ3) is 3.82. The van der Waals surface area contributed by atoms with E-state index in [1.54, 1.807) is 0 Å². The Kier molecular flexibility index (Phi) is 5.45. The summed E-state index contributed by atoms with van der Waals surface area (Å²) in [6.07, 6.45) is 1.70. The number of aryl methyl sites for hydroxylation is 1. The molecule has 0 bridgehead atoms. The number of ketones is 1. The average Bonchev–Trinajstić information content (AvgIpc) is 2.66. The highest BCUT2D eigenvalue weighted by Crippen LogP contribution is 2.23. The molecule has 1 fully saturated rings. The van der Waals surface area contributed by atoms with Gasteiger partial charge in [0.15, 0.2) is 11.6 Å². The van der Waals surface area contributed by atoms with E-state index in [-0.39, 0.29) is 29.4 Å². The lowest BCUT2D eigenvalue weighted by molar-refractivity contribution is -0.123. The van der Waals surface area contributed by atoms with Crippen molar-refractivity contribution < 1.29 is 18.4 Å². The molecule has 26 heavy (non-hydrogen) atoms. The van der Waals surface area contributed by atoms with E-state index in [1.807, 2.05) is 30.3 Å². The second-order valence-electron chi connectivity index (χ2n) is 6.78. The Balaban J connectivity index is 1.71. The molecule has 1 saturated heterocycles. The first-order valence-corrected chi connectivity index (χ1v) is 8.78. The van der Waals surface area contributed by atoms with Gasteiger partial charge in [-0.2, -0.15) is 0 Å². The van der Waals surface area contributed by atoms with E-state index in [1.165, 1.54) is 24.0 Å². The van der Waals surface area contributed by atoms with Crippen molar-refractivity contribution in [1.82, 2.24) is 4.90 Å². The maximum Gasteiger partial charge on any atom is 0.256 e. The molecular weight excluding hydrogens is 336 g/mol. The van der Waals surface area contributed by atoms with Crippen LogP contribution >= 0.6 is 0 Å². The van der Waals surface area contributed by atoms with Gasteiger partial charge in [-0.3, -0.25) is 9.59 Å². The molecule has 1 amide bonds. The molecule has 1 aliphatic heterocycles. The van der Waals surface area contributed by atoms with Gasteiger partial charge in [-0.15, -0.1) is 0 Å². The van der Waals surface area contributed by atoms with Gasteiger partial charge in [-0.1, -0.05) is 36.4 Å². The summed E-state index contributed by atoms with van der Waals surface area (Å²) in [6.45, 7) is 2.15. The molecule has 3 rings (SSSR count). The minimum atomic E-state index is -1.12. The Morgan fingerprint density at radius 1 is 1.08 bits per heavy atom. The number of halogens is 2. The SMILES string of the molecule is Cc1ccc(C(=O)N2CCCC(C(=O)Cc3ccccc3)C2)c(F)c1F. The van der Waals surface area contributed by atoms with E-state index >= 15 is 0 Å². The number of amides is 1. The predicted octanol–water partition coefficient (Wildman–Crippen LogP) is 3.94. The summed E-state index contributed by atoms with van der Waals surface area (Å²) in [5.74, 6) is -2.87. The van der Waals surface area contributed by atoms with Crippen molar-refractivity contribution in [3.05, 3.63) is 70.8 Å². The van der Waals surface area contributed by atoms with Crippen molar-refractivity contribution >= 4 is 11.7 Å². The van der Waals surface area contributed by atoms with Gasteiger partial charge < -0.3 is 4.90 Å². The van der Waals surface area contributed by atoms with Gasteiger partial charge in [-0.25, -0.2) is 8.78 Å². The van der Waals surface area contributed by atoms with E-state index in [9.17, 15) is 18.4 Å². The summed E-state index contributed by atoms with van der Waals surface area (Å²) in [6, 6.07) is 12.2. The van der Waals surface area contributed by atoms with Crippen molar-refractivity contribution in [2.45, 2.75) is 26.2 Å². The molecule has 3 nitrogen and oxygen atoms in total. The zero-order chi connectivity index (χ0) is 18.7. The Morgan fingerprint density at radius 2 is 1.81 bits per heavy atom. The highest BCUT2D eigenvalue weighted by Gasteiger charge is 2.30. The van der Waals surface area contributed by atoms with Crippen LogP contribution in [-0.2, 0) is 11.2 Å². The minimum Gasteiger partial charge on any atom is -0.338 e. The second kappa shape index (κ2) is 7.77. The number of nitrogens with zero attached hydrogens (tertiary/aromatic N) is 1. The van der Waals surface area contributed by atoms with Crippen LogP contribution in [0.1, 0.15) is 34.3 Å². The van der Waals surface area contributed by atoms with Crippen LogP contribution < -0.4 is 0 Å². The summed E-state index contributed by atoms with van der Waals surface area (Å²) < 4.78 is 27.9. The molecule has 0 saturated carbocycles. The highest BCUT2D eigenvalue weighted by atomic mass is 19.2. The number of rotatable bonds is 4. The van der Waals surface area contributed by atoms with Gasteiger partial charge in [0.25, 0.3) is 5.91 Å². The molecule has 5 heteroatoms. The molecule has 1 unspecified atom stereocenters. The molecule has 0 spiro atoms. The van der Waals surface area contributed by atoms with Crippen LogP contribution in [0.15, 0.2) is 42.5 Å². The number of carbonyl (C=O) groups excluding carboxylic acids is 2. The third-order valence-electron chi connectivity index (χ3n) is 4.89. The van der Waals surface area contributed by atoms with Crippen LogP contribution in [-0.4, -0.2) is 29.7 Å². The molecule has 2 aromatic carbocycles. The fraction of sp³-hybridized carbons (Fsp3) is 0.333. The number of hydrogen-bond acceptors (Lipinski definition) is 2. The smallest absolute Gasteiger partial charge is 0.256 e. The quantitative estimate of drug-likeness (QED) is 0.831. The molecule has 136 valence electrons. The number of hydrogen-bond donors (Lipinski definition) is 0. The molecular formula is C21H21F2NO2. The standard InChI is InChI=1S/C21H21F2NO2/c1-14-9-10-17(20(23)19(14)22)21(26)24-11-5-8-16(13-24)18(25)12-15-6-3-2-4-7-15/h2-4,6-7,9-10,16H,5,8,11-13H2,1H3. The van der Waals surface area contributed by atoms with Gasteiger partial charge in [-0.05, 0) is 37.0 Å². The lowest BCUT2D eigenvalue weighted by atomic mass is 9.90. The van der Waals surface area contributed by atoms with E-state index in [0.717, 1.165) is 5.56 Å².